The summed E-state index contributed by atoms with van der Waals surface area (Å²) in [6.45, 7) is 0. The summed E-state index contributed by atoms with van der Waals surface area (Å²) in [6, 6.07) is 0. The Morgan fingerprint density at radius 2 is 1.87 bits per heavy atom. The predicted octanol–water partition coefficient (Wildman–Crippen LogP) is 2.59. The molecule has 4 aliphatic rings. The molecule has 4 rings (SSSR count). The second kappa shape index (κ2) is 2.63. The van der Waals surface area contributed by atoms with Crippen LogP contribution in [-0.4, -0.2) is 5.78 Å². The minimum atomic E-state index is 0.384. The quantitative estimate of drug-likeness (QED) is 0.549. The Morgan fingerprint density at radius 3 is 2.80 bits per heavy atom. The lowest BCUT2D eigenvalue weighted by Crippen LogP contribution is -2.22. The zero-order valence-corrected chi connectivity index (χ0v) is 8.80. The molecule has 4 unspecified atom stereocenters. The zero-order valence-electron chi connectivity index (χ0n) is 8.80. The zero-order chi connectivity index (χ0) is 9.99. The summed E-state index contributed by atoms with van der Waals surface area (Å²) in [4.78, 5) is 12.3. The molecule has 2 fully saturated rings. The van der Waals surface area contributed by atoms with Crippen molar-refractivity contribution in [3.05, 3.63) is 24.3 Å². The first-order chi connectivity index (χ1) is 7.36. The van der Waals surface area contributed by atoms with Crippen LogP contribution in [0.2, 0.25) is 0 Å². The average molecular weight is 200 g/mol. The van der Waals surface area contributed by atoms with Crippen LogP contribution in [0.1, 0.15) is 19.3 Å². The first kappa shape index (κ1) is 8.32. The molecular weight excluding hydrogens is 184 g/mol. The normalized spacial score (nSPS) is 54.8. The number of carbonyl (C=O) groups is 1. The number of Topliss-reactive ketones (excluding diaryl/α,β-unsaturated/α-hetero) is 1. The molecule has 0 saturated heterocycles. The van der Waals surface area contributed by atoms with Crippen molar-refractivity contribution in [2.24, 2.45) is 35.5 Å². The number of ketones is 1. The van der Waals surface area contributed by atoms with Gasteiger partial charge in [0.25, 0.3) is 0 Å². The van der Waals surface area contributed by atoms with Gasteiger partial charge < -0.3 is 0 Å². The molecule has 0 N–H and O–H groups in total. The number of carbonyl (C=O) groups excluding carboxylic acids is 1. The van der Waals surface area contributed by atoms with E-state index in [-0.39, 0.29) is 0 Å². The van der Waals surface area contributed by atoms with Gasteiger partial charge in [0.15, 0.2) is 0 Å². The third-order valence-corrected chi connectivity index (χ3v) is 5.19. The van der Waals surface area contributed by atoms with Gasteiger partial charge in [0, 0.05) is 11.8 Å². The molecule has 15 heavy (non-hydrogen) atoms. The maximum atomic E-state index is 12.3. The van der Waals surface area contributed by atoms with E-state index in [1.54, 1.807) is 0 Å². The van der Waals surface area contributed by atoms with Gasteiger partial charge in [0.05, 0.1) is 0 Å². The van der Waals surface area contributed by atoms with Crippen LogP contribution < -0.4 is 0 Å². The number of allylic oxidation sites excluding steroid dienone is 4. The fourth-order valence-corrected chi connectivity index (χ4v) is 4.68. The highest BCUT2D eigenvalue weighted by molar-refractivity contribution is 5.88. The van der Waals surface area contributed by atoms with Crippen molar-refractivity contribution < 1.29 is 4.79 Å². The van der Waals surface area contributed by atoms with Crippen LogP contribution in [0.15, 0.2) is 24.3 Å². The molecule has 0 heterocycles. The van der Waals surface area contributed by atoms with Crippen molar-refractivity contribution in [2.75, 3.05) is 0 Å². The lowest BCUT2D eigenvalue weighted by Gasteiger charge is -2.27. The largest absolute Gasteiger partial charge is 0.299 e. The molecule has 0 aromatic rings. The van der Waals surface area contributed by atoms with Gasteiger partial charge in [-0.1, -0.05) is 24.3 Å². The molecule has 6 atom stereocenters. The molecule has 0 amide bonds. The van der Waals surface area contributed by atoms with Gasteiger partial charge in [-0.3, -0.25) is 4.79 Å². The molecule has 1 heteroatoms. The molecule has 0 aliphatic heterocycles. The van der Waals surface area contributed by atoms with Crippen molar-refractivity contribution in [3.8, 4) is 0 Å². The summed E-state index contributed by atoms with van der Waals surface area (Å²) in [6.07, 6.45) is 12.7. The molecule has 78 valence electrons. The summed E-state index contributed by atoms with van der Waals surface area (Å²) < 4.78 is 0. The van der Waals surface area contributed by atoms with Crippen molar-refractivity contribution in [1.29, 1.82) is 0 Å². The number of rotatable bonds is 0. The van der Waals surface area contributed by atoms with Gasteiger partial charge in [0.1, 0.15) is 5.78 Å². The van der Waals surface area contributed by atoms with Gasteiger partial charge in [-0.2, -0.15) is 0 Å². The standard InChI is InChI=1S/C14H16O/c15-14-11-4-2-1-3-10(11)12-8-5-6-9(7-8)13(12)14/h1-2,5-6,8-13H,3-4,7H2/t8?,9?,10?,11?,12-,13-/m0/s1. The Labute approximate surface area is 90.2 Å². The summed E-state index contributed by atoms with van der Waals surface area (Å²) in [5, 5.41) is 0. The smallest absolute Gasteiger partial charge is 0.140 e. The van der Waals surface area contributed by atoms with Crippen molar-refractivity contribution in [1.82, 2.24) is 0 Å². The minimum Gasteiger partial charge on any atom is -0.299 e. The van der Waals surface area contributed by atoms with Crippen LogP contribution in [0, 0.1) is 35.5 Å². The van der Waals surface area contributed by atoms with Gasteiger partial charge in [0.2, 0.25) is 0 Å². The van der Waals surface area contributed by atoms with E-state index in [4.69, 9.17) is 0 Å². The van der Waals surface area contributed by atoms with E-state index in [1.807, 2.05) is 0 Å². The number of fused-ring (bicyclic) bond motifs is 7. The maximum absolute atomic E-state index is 12.3. The van der Waals surface area contributed by atoms with Gasteiger partial charge in [-0.25, -0.2) is 0 Å². The fraction of sp³-hybridized carbons (Fsp3) is 0.643. The van der Waals surface area contributed by atoms with Crippen LogP contribution in [0.3, 0.4) is 0 Å². The van der Waals surface area contributed by atoms with Crippen LogP contribution in [0.5, 0.6) is 0 Å². The van der Waals surface area contributed by atoms with Crippen molar-refractivity contribution >= 4 is 5.78 Å². The van der Waals surface area contributed by atoms with E-state index in [1.165, 1.54) is 6.42 Å². The third kappa shape index (κ3) is 0.878. The lowest BCUT2D eigenvalue weighted by molar-refractivity contribution is -0.125. The number of hydrogen-bond donors (Lipinski definition) is 0. The Balaban J connectivity index is 1.78. The Hall–Kier alpha value is -0.850. The third-order valence-electron chi connectivity index (χ3n) is 5.19. The van der Waals surface area contributed by atoms with E-state index < -0.39 is 0 Å². The lowest BCUT2D eigenvalue weighted by atomic mass is 9.76. The summed E-state index contributed by atoms with van der Waals surface area (Å²) in [5.74, 6) is 4.15. The summed E-state index contributed by atoms with van der Waals surface area (Å²) >= 11 is 0. The minimum absolute atomic E-state index is 0.384. The van der Waals surface area contributed by atoms with Crippen LogP contribution in [0.25, 0.3) is 0 Å². The molecule has 0 spiro atoms. The van der Waals surface area contributed by atoms with E-state index in [2.05, 4.69) is 24.3 Å². The molecule has 0 aromatic carbocycles. The first-order valence-corrected chi connectivity index (χ1v) is 6.23. The highest BCUT2D eigenvalue weighted by Gasteiger charge is 2.59. The molecular formula is C14H16O. The Morgan fingerprint density at radius 1 is 1.07 bits per heavy atom. The predicted molar refractivity (Wildman–Crippen MR) is 58.1 cm³/mol. The second-order valence-corrected chi connectivity index (χ2v) is 5.67. The Kier molecular flexibility index (Phi) is 1.46. The number of hydrogen-bond acceptors (Lipinski definition) is 1. The summed E-state index contributed by atoms with van der Waals surface area (Å²) in [7, 11) is 0. The van der Waals surface area contributed by atoms with E-state index in [0.717, 1.165) is 18.8 Å². The highest BCUT2D eigenvalue weighted by Crippen LogP contribution is 2.60. The first-order valence-electron chi connectivity index (χ1n) is 6.23. The molecule has 4 aliphatic carbocycles. The van der Waals surface area contributed by atoms with Crippen molar-refractivity contribution in [2.45, 2.75) is 19.3 Å². The average Bonchev–Trinajstić information content (AvgIpc) is 2.92. The van der Waals surface area contributed by atoms with E-state index in [0.29, 0.717) is 35.4 Å². The molecule has 2 saturated carbocycles. The molecule has 1 nitrogen and oxygen atoms in total. The molecule has 0 radical (unpaired) electrons. The van der Waals surface area contributed by atoms with E-state index >= 15 is 0 Å². The van der Waals surface area contributed by atoms with Gasteiger partial charge in [-0.05, 0) is 42.9 Å². The van der Waals surface area contributed by atoms with Crippen LogP contribution in [-0.2, 0) is 4.79 Å². The van der Waals surface area contributed by atoms with Gasteiger partial charge >= 0.3 is 0 Å². The monoisotopic (exact) mass is 200 g/mol. The second-order valence-electron chi connectivity index (χ2n) is 5.67. The fourth-order valence-electron chi connectivity index (χ4n) is 4.68. The Bertz CT molecular complexity index is 379. The van der Waals surface area contributed by atoms with Crippen LogP contribution >= 0.6 is 0 Å². The molecule has 2 bridgehead atoms. The topological polar surface area (TPSA) is 17.1 Å². The van der Waals surface area contributed by atoms with Crippen LogP contribution in [0.4, 0.5) is 0 Å². The SMILES string of the molecule is O=C1C2CC=CCC2[C@@H]2C3C=CC(C3)[C@H]12. The molecule has 0 aromatic heterocycles. The maximum Gasteiger partial charge on any atom is 0.140 e. The van der Waals surface area contributed by atoms with Gasteiger partial charge in [-0.15, -0.1) is 0 Å². The summed E-state index contributed by atoms with van der Waals surface area (Å²) in [5.41, 5.74) is 0. The van der Waals surface area contributed by atoms with Crippen molar-refractivity contribution in [3.63, 3.8) is 0 Å². The highest BCUT2D eigenvalue weighted by atomic mass is 16.1. The van der Waals surface area contributed by atoms with E-state index in [9.17, 15) is 4.79 Å².